The summed E-state index contributed by atoms with van der Waals surface area (Å²) in [6.07, 6.45) is 2.89. The van der Waals surface area contributed by atoms with Gasteiger partial charge >= 0.3 is 0 Å². The van der Waals surface area contributed by atoms with E-state index in [2.05, 4.69) is 6.92 Å². The van der Waals surface area contributed by atoms with Gasteiger partial charge in [0.1, 0.15) is 5.82 Å². The first-order chi connectivity index (χ1) is 7.01. The summed E-state index contributed by atoms with van der Waals surface area (Å²) < 4.78 is 13.8. The van der Waals surface area contributed by atoms with E-state index in [0.29, 0.717) is 0 Å². The maximum atomic E-state index is 13.8. The highest BCUT2D eigenvalue weighted by Crippen LogP contribution is 2.41. The molecule has 1 aliphatic rings. The maximum Gasteiger partial charge on any atom is 0.126 e. The molecule has 0 spiro atoms. The summed E-state index contributed by atoms with van der Waals surface area (Å²) in [6, 6.07) is 5.58. The second kappa shape index (κ2) is 3.60. The van der Waals surface area contributed by atoms with Gasteiger partial charge in [-0.25, -0.2) is 4.39 Å². The zero-order valence-corrected chi connectivity index (χ0v) is 9.39. The normalized spacial score (nSPS) is 30.8. The minimum absolute atomic E-state index is 0.0600. The zero-order chi connectivity index (χ0) is 11.1. The van der Waals surface area contributed by atoms with Crippen molar-refractivity contribution in [2.75, 3.05) is 0 Å². The third-order valence-corrected chi connectivity index (χ3v) is 3.55. The highest BCUT2D eigenvalue weighted by molar-refractivity contribution is 5.32. The molecule has 2 unspecified atom stereocenters. The van der Waals surface area contributed by atoms with Crippen LogP contribution >= 0.6 is 0 Å². The molecule has 1 aromatic rings. The highest BCUT2D eigenvalue weighted by atomic mass is 19.1. The smallest absolute Gasteiger partial charge is 0.126 e. The first-order valence-corrected chi connectivity index (χ1v) is 5.53. The number of hydrogen-bond donors (Lipinski definition) is 1. The van der Waals surface area contributed by atoms with E-state index < -0.39 is 0 Å². The molecule has 0 amide bonds. The fourth-order valence-corrected chi connectivity index (χ4v) is 2.63. The van der Waals surface area contributed by atoms with E-state index in [1.54, 1.807) is 6.07 Å². The first-order valence-electron chi connectivity index (χ1n) is 5.53. The number of rotatable bonds is 1. The second-order valence-corrected chi connectivity index (χ2v) is 5.05. The van der Waals surface area contributed by atoms with Gasteiger partial charge in [0.25, 0.3) is 0 Å². The fourth-order valence-electron chi connectivity index (χ4n) is 2.63. The summed E-state index contributed by atoms with van der Waals surface area (Å²) in [4.78, 5) is 0. The molecule has 0 aromatic heterocycles. The summed E-state index contributed by atoms with van der Waals surface area (Å²) >= 11 is 0. The van der Waals surface area contributed by atoms with E-state index in [0.717, 1.165) is 30.4 Å². The van der Waals surface area contributed by atoms with Crippen LogP contribution in [0.15, 0.2) is 18.2 Å². The van der Waals surface area contributed by atoms with Gasteiger partial charge in [0.15, 0.2) is 0 Å². The number of nitrogens with two attached hydrogens (primary N) is 1. The van der Waals surface area contributed by atoms with Crippen LogP contribution in [0.2, 0.25) is 0 Å². The van der Waals surface area contributed by atoms with Crippen molar-refractivity contribution in [3.63, 3.8) is 0 Å². The predicted molar refractivity (Wildman–Crippen MR) is 60.3 cm³/mol. The van der Waals surface area contributed by atoms with Crippen molar-refractivity contribution in [1.82, 2.24) is 0 Å². The van der Waals surface area contributed by atoms with Gasteiger partial charge in [0.2, 0.25) is 0 Å². The molecule has 0 bridgehead atoms. The van der Waals surface area contributed by atoms with Crippen LogP contribution in [0.3, 0.4) is 0 Å². The third kappa shape index (κ3) is 1.91. The van der Waals surface area contributed by atoms with Gasteiger partial charge in [0, 0.05) is 6.04 Å². The predicted octanol–water partition coefficient (Wildman–Crippen LogP) is 2.90. The lowest BCUT2D eigenvalue weighted by atomic mass is 9.80. The molecule has 1 aliphatic carbocycles. The Balaban J connectivity index is 2.40. The van der Waals surface area contributed by atoms with Gasteiger partial charge in [-0.05, 0) is 43.2 Å². The van der Waals surface area contributed by atoms with Crippen LogP contribution < -0.4 is 5.73 Å². The van der Waals surface area contributed by atoms with Gasteiger partial charge in [-0.2, -0.15) is 0 Å². The summed E-state index contributed by atoms with van der Waals surface area (Å²) in [5.41, 5.74) is 7.81. The molecule has 1 fully saturated rings. The van der Waals surface area contributed by atoms with Crippen molar-refractivity contribution in [3.05, 3.63) is 35.1 Å². The van der Waals surface area contributed by atoms with Crippen molar-refractivity contribution >= 4 is 0 Å². The van der Waals surface area contributed by atoms with Crippen molar-refractivity contribution in [2.45, 2.75) is 44.6 Å². The van der Waals surface area contributed by atoms with Crippen LogP contribution in [-0.2, 0) is 5.41 Å². The van der Waals surface area contributed by atoms with Gasteiger partial charge in [-0.15, -0.1) is 0 Å². The number of halogens is 1. The molecule has 1 nitrogen and oxygen atoms in total. The van der Waals surface area contributed by atoms with Crippen LogP contribution in [0.1, 0.15) is 37.3 Å². The Morgan fingerprint density at radius 1 is 1.47 bits per heavy atom. The van der Waals surface area contributed by atoms with Crippen molar-refractivity contribution < 1.29 is 4.39 Å². The summed E-state index contributed by atoms with van der Waals surface area (Å²) in [7, 11) is 0. The molecule has 0 heterocycles. The van der Waals surface area contributed by atoms with E-state index >= 15 is 0 Å². The Labute approximate surface area is 90.5 Å². The van der Waals surface area contributed by atoms with Gasteiger partial charge in [-0.1, -0.05) is 24.6 Å². The molecule has 2 atom stereocenters. The number of benzene rings is 1. The molecule has 1 saturated carbocycles. The van der Waals surface area contributed by atoms with E-state index in [4.69, 9.17) is 5.73 Å². The standard InChI is InChI=1S/C13H18FN/c1-9-3-4-12(14)11(7-9)13(2)6-5-10(15)8-13/h3-4,7,10H,5-6,8,15H2,1-2H3. The molecular formula is C13H18FN. The van der Waals surface area contributed by atoms with Crippen LogP contribution in [0.4, 0.5) is 4.39 Å². The van der Waals surface area contributed by atoms with Gasteiger partial charge in [0.05, 0.1) is 0 Å². The average molecular weight is 207 g/mol. The maximum absolute atomic E-state index is 13.8. The van der Waals surface area contributed by atoms with Gasteiger partial charge in [-0.3, -0.25) is 0 Å². The van der Waals surface area contributed by atoms with Crippen LogP contribution in [0, 0.1) is 12.7 Å². The molecule has 2 rings (SSSR count). The minimum Gasteiger partial charge on any atom is -0.328 e. The third-order valence-electron chi connectivity index (χ3n) is 3.55. The van der Waals surface area contributed by atoms with Crippen molar-refractivity contribution in [3.8, 4) is 0 Å². The number of aryl methyl sites for hydroxylation is 1. The Kier molecular flexibility index (Phi) is 2.55. The van der Waals surface area contributed by atoms with Crippen LogP contribution in [0.5, 0.6) is 0 Å². The van der Waals surface area contributed by atoms with E-state index in [1.807, 2.05) is 19.1 Å². The second-order valence-electron chi connectivity index (χ2n) is 5.05. The summed E-state index contributed by atoms with van der Waals surface area (Å²) in [6.45, 7) is 4.12. The molecule has 0 aliphatic heterocycles. The highest BCUT2D eigenvalue weighted by Gasteiger charge is 2.36. The largest absolute Gasteiger partial charge is 0.328 e. The molecule has 0 saturated heterocycles. The summed E-state index contributed by atoms with van der Waals surface area (Å²) in [5, 5.41) is 0. The molecule has 82 valence electrons. The average Bonchev–Trinajstić information content (AvgIpc) is 2.52. The van der Waals surface area contributed by atoms with E-state index in [-0.39, 0.29) is 17.3 Å². The Hall–Kier alpha value is -0.890. The SMILES string of the molecule is Cc1ccc(F)c(C2(C)CCC(N)C2)c1. The quantitative estimate of drug-likeness (QED) is 0.753. The van der Waals surface area contributed by atoms with E-state index in [9.17, 15) is 4.39 Å². The molecular weight excluding hydrogens is 189 g/mol. The molecule has 0 radical (unpaired) electrons. The summed E-state index contributed by atoms with van der Waals surface area (Å²) in [5.74, 6) is -0.0859. The van der Waals surface area contributed by atoms with Crippen LogP contribution in [-0.4, -0.2) is 6.04 Å². The van der Waals surface area contributed by atoms with Crippen LogP contribution in [0.25, 0.3) is 0 Å². The molecule has 2 heteroatoms. The number of hydrogen-bond acceptors (Lipinski definition) is 1. The lowest BCUT2D eigenvalue weighted by Gasteiger charge is -2.25. The van der Waals surface area contributed by atoms with Crippen molar-refractivity contribution in [1.29, 1.82) is 0 Å². The Morgan fingerprint density at radius 3 is 2.80 bits per heavy atom. The van der Waals surface area contributed by atoms with Crippen molar-refractivity contribution in [2.24, 2.45) is 5.73 Å². The Morgan fingerprint density at radius 2 is 2.20 bits per heavy atom. The zero-order valence-electron chi connectivity index (χ0n) is 9.39. The molecule has 2 N–H and O–H groups in total. The monoisotopic (exact) mass is 207 g/mol. The van der Waals surface area contributed by atoms with E-state index in [1.165, 1.54) is 0 Å². The van der Waals surface area contributed by atoms with Gasteiger partial charge < -0.3 is 5.73 Å². The molecule has 15 heavy (non-hydrogen) atoms. The minimum atomic E-state index is -0.0859. The first kappa shape index (κ1) is 10.6. The lowest BCUT2D eigenvalue weighted by Crippen LogP contribution is -2.23. The lowest BCUT2D eigenvalue weighted by molar-refractivity contribution is 0.450. The fraction of sp³-hybridized carbons (Fsp3) is 0.538. The topological polar surface area (TPSA) is 26.0 Å². The Bertz CT molecular complexity index is 375. The molecule has 1 aromatic carbocycles.